The highest BCUT2D eigenvalue weighted by Gasteiger charge is 2.06. The highest BCUT2D eigenvalue weighted by atomic mass is 16.5. The van der Waals surface area contributed by atoms with Crippen LogP contribution in [0.25, 0.3) is 0 Å². The summed E-state index contributed by atoms with van der Waals surface area (Å²) in [7, 11) is 0. The fraction of sp³-hybridized carbons (Fsp3) is 0.533. The minimum Gasteiger partial charge on any atom is -0.483 e. The molecular formula is C15H23NO2. The fourth-order valence-electron chi connectivity index (χ4n) is 1.69. The Labute approximate surface area is 110 Å². The molecule has 0 aliphatic rings. The highest BCUT2D eigenvalue weighted by molar-refractivity contribution is 5.77. The number of ether oxygens (including phenoxy) is 1. The molecule has 0 saturated heterocycles. The molecule has 1 aromatic rings. The Balaban J connectivity index is 2.48. The summed E-state index contributed by atoms with van der Waals surface area (Å²) in [5.41, 5.74) is 3.49. The lowest BCUT2D eigenvalue weighted by Gasteiger charge is -2.11. The van der Waals surface area contributed by atoms with Crippen molar-refractivity contribution in [2.24, 2.45) is 0 Å². The van der Waals surface area contributed by atoms with Gasteiger partial charge < -0.3 is 10.1 Å². The van der Waals surface area contributed by atoms with Crippen LogP contribution in [0.2, 0.25) is 0 Å². The molecule has 1 aromatic carbocycles. The molecule has 0 aliphatic heterocycles. The molecule has 3 nitrogen and oxygen atoms in total. The molecule has 100 valence electrons. The zero-order valence-corrected chi connectivity index (χ0v) is 11.8. The standard InChI is InChI=1S/C15H23NO2/c1-5-6-7-16-15(17)10-18-14-9-12(3)11(2)8-13(14)4/h8-9H,5-7,10H2,1-4H3,(H,16,17). The van der Waals surface area contributed by atoms with Crippen LogP contribution >= 0.6 is 0 Å². The van der Waals surface area contributed by atoms with Crippen LogP contribution in [0.15, 0.2) is 12.1 Å². The van der Waals surface area contributed by atoms with Crippen molar-refractivity contribution in [2.45, 2.75) is 40.5 Å². The molecule has 0 saturated carbocycles. The van der Waals surface area contributed by atoms with Crippen molar-refractivity contribution in [3.8, 4) is 5.75 Å². The second kappa shape index (κ2) is 7.04. The van der Waals surface area contributed by atoms with Crippen LogP contribution in [0.5, 0.6) is 5.75 Å². The van der Waals surface area contributed by atoms with Crippen LogP contribution in [-0.2, 0) is 4.79 Å². The molecule has 0 fully saturated rings. The van der Waals surface area contributed by atoms with Crippen LogP contribution in [0.3, 0.4) is 0 Å². The lowest BCUT2D eigenvalue weighted by molar-refractivity contribution is -0.123. The summed E-state index contributed by atoms with van der Waals surface area (Å²) >= 11 is 0. The number of hydrogen-bond donors (Lipinski definition) is 1. The second-order valence-electron chi connectivity index (χ2n) is 4.69. The van der Waals surface area contributed by atoms with E-state index < -0.39 is 0 Å². The van der Waals surface area contributed by atoms with E-state index in [2.05, 4.69) is 25.2 Å². The van der Waals surface area contributed by atoms with Gasteiger partial charge in [0.15, 0.2) is 6.61 Å². The molecule has 1 amide bonds. The van der Waals surface area contributed by atoms with Gasteiger partial charge in [-0.15, -0.1) is 0 Å². The van der Waals surface area contributed by atoms with E-state index in [-0.39, 0.29) is 12.5 Å². The number of rotatable bonds is 6. The van der Waals surface area contributed by atoms with E-state index in [1.54, 1.807) is 0 Å². The molecule has 3 heteroatoms. The minimum atomic E-state index is -0.0546. The van der Waals surface area contributed by atoms with Gasteiger partial charge in [-0.1, -0.05) is 19.4 Å². The van der Waals surface area contributed by atoms with E-state index in [9.17, 15) is 4.79 Å². The summed E-state index contributed by atoms with van der Waals surface area (Å²) in [6.07, 6.45) is 2.09. The SMILES string of the molecule is CCCCNC(=O)COc1cc(C)c(C)cc1C. The maximum atomic E-state index is 11.5. The Morgan fingerprint density at radius 2 is 1.83 bits per heavy atom. The molecular weight excluding hydrogens is 226 g/mol. The van der Waals surface area contributed by atoms with Gasteiger partial charge >= 0.3 is 0 Å². The van der Waals surface area contributed by atoms with Crippen molar-refractivity contribution >= 4 is 5.91 Å². The number of nitrogens with one attached hydrogen (secondary N) is 1. The maximum Gasteiger partial charge on any atom is 0.257 e. The number of carbonyl (C=O) groups is 1. The first kappa shape index (κ1) is 14.6. The fourth-order valence-corrected chi connectivity index (χ4v) is 1.69. The van der Waals surface area contributed by atoms with Gasteiger partial charge in [-0.2, -0.15) is 0 Å². The van der Waals surface area contributed by atoms with E-state index in [1.807, 2.05) is 19.9 Å². The van der Waals surface area contributed by atoms with E-state index in [4.69, 9.17) is 4.74 Å². The Morgan fingerprint density at radius 1 is 1.17 bits per heavy atom. The minimum absolute atomic E-state index is 0.0546. The molecule has 0 unspecified atom stereocenters. The van der Waals surface area contributed by atoms with Crippen LogP contribution < -0.4 is 10.1 Å². The largest absolute Gasteiger partial charge is 0.483 e. The first-order valence-corrected chi connectivity index (χ1v) is 6.52. The maximum absolute atomic E-state index is 11.5. The number of benzene rings is 1. The predicted molar refractivity (Wildman–Crippen MR) is 74.1 cm³/mol. The van der Waals surface area contributed by atoms with Gasteiger partial charge in [-0.3, -0.25) is 4.79 Å². The first-order valence-electron chi connectivity index (χ1n) is 6.52. The van der Waals surface area contributed by atoms with E-state index in [1.165, 1.54) is 11.1 Å². The van der Waals surface area contributed by atoms with E-state index in [0.717, 1.165) is 30.7 Å². The Morgan fingerprint density at radius 3 is 2.50 bits per heavy atom. The average molecular weight is 249 g/mol. The van der Waals surface area contributed by atoms with Crippen molar-refractivity contribution in [1.82, 2.24) is 5.32 Å². The Hall–Kier alpha value is -1.51. The lowest BCUT2D eigenvalue weighted by atomic mass is 10.1. The molecule has 0 aromatic heterocycles. The number of carbonyl (C=O) groups excluding carboxylic acids is 1. The third-order valence-corrected chi connectivity index (χ3v) is 3.00. The number of amides is 1. The van der Waals surface area contributed by atoms with Crippen molar-refractivity contribution in [2.75, 3.05) is 13.2 Å². The molecule has 0 bridgehead atoms. The van der Waals surface area contributed by atoms with Gasteiger partial charge in [0.05, 0.1) is 0 Å². The summed E-state index contributed by atoms with van der Waals surface area (Å²) in [6, 6.07) is 4.07. The zero-order chi connectivity index (χ0) is 13.5. The molecule has 1 N–H and O–H groups in total. The lowest BCUT2D eigenvalue weighted by Crippen LogP contribution is -2.29. The van der Waals surface area contributed by atoms with Crippen molar-refractivity contribution in [3.05, 3.63) is 28.8 Å². The highest BCUT2D eigenvalue weighted by Crippen LogP contribution is 2.22. The van der Waals surface area contributed by atoms with Gasteiger partial charge in [0, 0.05) is 6.54 Å². The molecule has 0 atom stereocenters. The monoisotopic (exact) mass is 249 g/mol. The summed E-state index contributed by atoms with van der Waals surface area (Å²) in [5.74, 6) is 0.741. The average Bonchev–Trinajstić information content (AvgIpc) is 2.32. The number of unbranched alkanes of at least 4 members (excludes halogenated alkanes) is 1. The number of hydrogen-bond acceptors (Lipinski definition) is 2. The summed E-state index contributed by atoms with van der Waals surface area (Å²) in [4.78, 5) is 11.5. The van der Waals surface area contributed by atoms with Crippen molar-refractivity contribution in [1.29, 1.82) is 0 Å². The van der Waals surface area contributed by atoms with Crippen LogP contribution in [0, 0.1) is 20.8 Å². The van der Waals surface area contributed by atoms with Crippen molar-refractivity contribution in [3.63, 3.8) is 0 Å². The molecule has 0 aliphatic carbocycles. The van der Waals surface area contributed by atoms with Crippen molar-refractivity contribution < 1.29 is 9.53 Å². The normalized spacial score (nSPS) is 10.2. The Bertz CT molecular complexity index is 413. The van der Waals surface area contributed by atoms with Crippen LogP contribution in [0.1, 0.15) is 36.5 Å². The third-order valence-electron chi connectivity index (χ3n) is 3.00. The van der Waals surface area contributed by atoms with E-state index in [0.29, 0.717) is 0 Å². The van der Waals surface area contributed by atoms with Gasteiger partial charge in [0.2, 0.25) is 0 Å². The molecule has 18 heavy (non-hydrogen) atoms. The third kappa shape index (κ3) is 4.40. The summed E-state index contributed by atoms with van der Waals surface area (Å²) in [6.45, 7) is 9.03. The van der Waals surface area contributed by atoms with Crippen LogP contribution in [-0.4, -0.2) is 19.1 Å². The van der Waals surface area contributed by atoms with E-state index >= 15 is 0 Å². The molecule has 0 spiro atoms. The summed E-state index contributed by atoms with van der Waals surface area (Å²) in [5, 5.41) is 2.84. The molecule has 1 rings (SSSR count). The topological polar surface area (TPSA) is 38.3 Å². The molecule has 0 radical (unpaired) electrons. The second-order valence-corrected chi connectivity index (χ2v) is 4.69. The van der Waals surface area contributed by atoms with Crippen LogP contribution in [0.4, 0.5) is 0 Å². The Kier molecular flexibility index (Phi) is 5.69. The first-order chi connectivity index (χ1) is 8.54. The van der Waals surface area contributed by atoms with Gasteiger partial charge in [0.25, 0.3) is 5.91 Å². The van der Waals surface area contributed by atoms with Gasteiger partial charge in [-0.05, 0) is 49.9 Å². The smallest absolute Gasteiger partial charge is 0.257 e. The summed E-state index contributed by atoms with van der Waals surface area (Å²) < 4.78 is 5.55. The zero-order valence-electron chi connectivity index (χ0n) is 11.8. The van der Waals surface area contributed by atoms with Gasteiger partial charge in [-0.25, -0.2) is 0 Å². The van der Waals surface area contributed by atoms with Gasteiger partial charge in [0.1, 0.15) is 5.75 Å². The predicted octanol–water partition coefficient (Wildman–Crippen LogP) is 2.91. The number of aryl methyl sites for hydroxylation is 3. The molecule has 0 heterocycles. The quantitative estimate of drug-likeness (QED) is 0.787.